The van der Waals surface area contributed by atoms with Gasteiger partial charge in [0.2, 0.25) is 0 Å². The van der Waals surface area contributed by atoms with Crippen LogP contribution in [0.3, 0.4) is 0 Å². The topological polar surface area (TPSA) is 131 Å². The first-order valence-electron chi connectivity index (χ1n) is 6.92. The van der Waals surface area contributed by atoms with E-state index in [4.69, 9.17) is 10.5 Å². The van der Waals surface area contributed by atoms with Crippen molar-refractivity contribution in [1.82, 2.24) is 9.55 Å². The van der Waals surface area contributed by atoms with Crippen LogP contribution in [-0.2, 0) is 4.74 Å². The second kappa shape index (κ2) is 6.10. The predicted molar refractivity (Wildman–Crippen MR) is 74.9 cm³/mol. The van der Waals surface area contributed by atoms with E-state index in [0.717, 1.165) is 0 Å². The van der Waals surface area contributed by atoms with E-state index in [0.29, 0.717) is 24.9 Å². The zero-order valence-electron chi connectivity index (χ0n) is 11.9. The molecular formula is C13H21N3O5. The molecule has 0 spiro atoms. The third-order valence-corrected chi connectivity index (χ3v) is 3.93. The van der Waals surface area contributed by atoms with Crippen molar-refractivity contribution in [2.75, 3.05) is 13.2 Å². The SMILES string of the molecule is Cc1cn([C@H]2C[C@H](O)[C@](CO)(CCCN)O2)c(=O)[nH]c1=O. The van der Waals surface area contributed by atoms with Gasteiger partial charge < -0.3 is 20.7 Å². The molecule has 0 unspecified atom stereocenters. The molecule has 5 N–H and O–H groups in total. The average molecular weight is 299 g/mol. The van der Waals surface area contributed by atoms with E-state index in [1.807, 2.05) is 0 Å². The van der Waals surface area contributed by atoms with Crippen molar-refractivity contribution < 1.29 is 14.9 Å². The van der Waals surface area contributed by atoms with Crippen molar-refractivity contribution >= 4 is 0 Å². The lowest BCUT2D eigenvalue weighted by atomic mass is 9.92. The van der Waals surface area contributed by atoms with E-state index in [9.17, 15) is 19.8 Å². The second-order valence-corrected chi connectivity index (χ2v) is 5.42. The van der Waals surface area contributed by atoms with Gasteiger partial charge in [-0.25, -0.2) is 4.79 Å². The number of nitrogens with two attached hydrogens (primary N) is 1. The maximum absolute atomic E-state index is 11.9. The maximum Gasteiger partial charge on any atom is 0.330 e. The summed E-state index contributed by atoms with van der Waals surface area (Å²) in [6, 6.07) is 0. The molecule has 1 aliphatic rings. The average Bonchev–Trinajstić information content (AvgIpc) is 2.78. The highest BCUT2D eigenvalue weighted by molar-refractivity contribution is 5.03. The molecule has 1 aromatic heterocycles. The molecule has 8 heteroatoms. The van der Waals surface area contributed by atoms with Crippen LogP contribution in [0.1, 0.15) is 31.1 Å². The second-order valence-electron chi connectivity index (χ2n) is 5.42. The number of nitrogens with one attached hydrogen (secondary N) is 1. The fourth-order valence-electron chi connectivity index (χ4n) is 2.62. The Morgan fingerprint density at radius 1 is 1.57 bits per heavy atom. The molecular weight excluding hydrogens is 278 g/mol. The number of hydrogen-bond acceptors (Lipinski definition) is 6. The highest BCUT2D eigenvalue weighted by atomic mass is 16.6. The van der Waals surface area contributed by atoms with Crippen LogP contribution >= 0.6 is 0 Å². The van der Waals surface area contributed by atoms with E-state index in [1.165, 1.54) is 10.8 Å². The van der Waals surface area contributed by atoms with Gasteiger partial charge in [0.15, 0.2) is 0 Å². The van der Waals surface area contributed by atoms with Gasteiger partial charge in [-0.05, 0) is 26.3 Å². The molecule has 0 radical (unpaired) electrons. The Hall–Kier alpha value is -1.48. The molecule has 1 aliphatic heterocycles. The standard InChI is InChI=1S/C13H21N3O5/c1-8-6-16(12(20)15-11(8)19)10-5-9(18)13(7-17,21-10)3-2-4-14/h6,9-10,17-18H,2-5,7,14H2,1H3,(H,15,19,20)/t9-,10+,13+/m0/s1. The van der Waals surface area contributed by atoms with Gasteiger partial charge in [0.25, 0.3) is 5.56 Å². The Labute approximate surface area is 121 Å². The first-order chi connectivity index (χ1) is 9.93. The van der Waals surface area contributed by atoms with E-state index in [1.54, 1.807) is 6.92 Å². The summed E-state index contributed by atoms with van der Waals surface area (Å²) in [5.74, 6) is 0. The van der Waals surface area contributed by atoms with Crippen LogP contribution in [0, 0.1) is 6.92 Å². The number of aliphatic hydroxyl groups is 2. The summed E-state index contributed by atoms with van der Waals surface area (Å²) in [4.78, 5) is 25.4. The molecule has 0 bridgehead atoms. The number of aryl methyl sites for hydroxylation is 1. The number of hydrogen-bond donors (Lipinski definition) is 4. The lowest BCUT2D eigenvalue weighted by molar-refractivity contribution is -0.133. The molecule has 0 saturated carbocycles. The first-order valence-corrected chi connectivity index (χ1v) is 6.92. The van der Waals surface area contributed by atoms with Gasteiger partial charge in [0.05, 0.1) is 12.7 Å². The monoisotopic (exact) mass is 299 g/mol. The number of aromatic nitrogens is 2. The summed E-state index contributed by atoms with van der Waals surface area (Å²) in [6.45, 7) is 1.63. The third-order valence-electron chi connectivity index (χ3n) is 3.93. The fourth-order valence-corrected chi connectivity index (χ4v) is 2.62. The van der Waals surface area contributed by atoms with Crippen molar-refractivity contribution in [2.45, 2.75) is 44.1 Å². The lowest BCUT2D eigenvalue weighted by Gasteiger charge is -2.30. The zero-order valence-corrected chi connectivity index (χ0v) is 11.9. The molecule has 2 heterocycles. The van der Waals surface area contributed by atoms with E-state index in [-0.39, 0.29) is 13.0 Å². The molecule has 0 aromatic carbocycles. The van der Waals surface area contributed by atoms with Crippen molar-refractivity contribution in [2.24, 2.45) is 5.73 Å². The Bertz CT molecular complexity index is 611. The largest absolute Gasteiger partial charge is 0.393 e. The molecule has 118 valence electrons. The molecule has 21 heavy (non-hydrogen) atoms. The minimum absolute atomic E-state index is 0.163. The number of H-pyrrole nitrogens is 1. The van der Waals surface area contributed by atoms with Crippen molar-refractivity contribution in [3.8, 4) is 0 Å². The van der Waals surface area contributed by atoms with Gasteiger partial charge in [0, 0.05) is 18.2 Å². The van der Waals surface area contributed by atoms with Gasteiger partial charge >= 0.3 is 5.69 Å². The summed E-state index contributed by atoms with van der Waals surface area (Å²) in [5.41, 5.74) is 3.66. The minimum atomic E-state index is -1.12. The van der Waals surface area contributed by atoms with E-state index < -0.39 is 29.2 Å². The fraction of sp³-hybridized carbons (Fsp3) is 0.692. The molecule has 1 fully saturated rings. The molecule has 1 saturated heterocycles. The quantitative estimate of drug-likeness (QED) is 0.528. The van der Waals surface area contributed by atoms with Crippen LogP contribution < -0.4 is 17.0 Å². The molecule has 0 aliphatic carbocycles. The van der Waals surface area contributed by atoms with E-state index >= 15 is 0 Å². The van der Waals surface area contributed by atoms with Crippen LogP contribution in [0.5, 0.6) is 0 Å². The molecule has 1 aromatic rings. The van der Waals surface area contributed by atoms with Crippen LogP contribution in [0.25, 0.3) is 0 Å². The summed E-state index contributed by atoms with van der Waals surface area (Å²) in [5, 5.41) is 19.8. The number of ether oxygens (including phenoxy) is 1. The van der Waals surface area contributed by atoms with Crippen LogP contribution in [-0.4, -0.2) is 44.6 Å². The summed E-state index contributed by atoms with van der Waals surface area (Å²) >= 11 is 0. The third kappa shape index (κ3) is 2.93. The van der Waals surface area contributed by atoms with Crippen molar-refractivity contribution in [1.29, 1.82) is 0 Å². The normalized spacial score (nSPS) is 29.0. The highest BCUT2D eigenvalue weighted by Gasteiger charge is 2.48. The van der Waals surface area contributed by atoms with Crippen LogP contribution in [0.15, 0.2) is 15.8 Å². The Balaban J connectivity index is 2.30. The molecule has 8 nitrogen and oxygen atoms in total. The Morgan fingerprint density at radius 3 is 2.90 bits per heavy atom. The van der Waals surface area contributed by atoms with Gasteiger partial charge in [-0.15, -0.1) is 0 Å². The summed E-state index contributed by atoms with van der Waals surface area (Å²) in [6.07, 6.45) is 0.913. The smallest absolute Gasteiger partial charge is 0.330 e. The van der Waals surface area contributed by atoms with Crippen LogP contribution in [0.2, 0.25) is 0 Å². The minimum Gasteiger partial charge on any atom is -0.393 e. The Morgan fingerprint density at radius 2 is 2.29 bits per heavy atom. The van der Waals surface area contributed by atoms with Gasteiger partial charge in [-0.1, -0.05) is 0 Å². The van der Waals surface area contributed by atoms with Gasteiger partial charge in [-0.3, -0.25) is 14.3 Å². The lowest BCUT2D eigenvalue weighted by Crippen LogP contribution is -2.43. The first kappa shape index (κ1) is 15.9. The van der Waals surface area contributed by atoms with Crippen molar-refractivity contribution in [3.05, 3.63) is 32.6 Å². The molecule has 2 rings (SSSR count). The molecule has 0 amide bonds. The Kier molecular flexibility index (Phi) is 4.62. The van der Waals surface area contributed by atoms with Crippen molar-refractivity contribution in [3.63, 3.8) is 0 Å². The summed E-state index contributed by atoms with van der Waals surface area (Å²) in [7, 11) is 0. The number of nitrogens with zero attached hydrogens (tertiary/aromatic N) is 1. The van der Waals surface area contributed by atoms with Gasteiger partial charge in [-0.2, -0.15) is 0 Å². The highest BCUT2D eigenvalue weighted by Crippen LogP contribution is 2.38. The number of aliphatic hydroxyl groups excluding tert-OH is 2. The van der Waals surface area contributed by atoms with Gasteiger partial charge in [0.1, 0.15) is 11.8 Å². The van der Waals surface area contributed by atoms with Crippen LogP contribution in [0.4, 0.5) is 0 Å². The summed E-state index contributed by atoms with van der Waals surface area (Å²) < 4.78 is 7.00. The number of rotatable bonds is 5. The van der Waals surface area contributed by atoms with E-state index in [2.05, 4.69) is 4.98 Å². The predicted octanol–water partition coefficient (Wildman–Crippen LogP) is -1.41. The maximum atomic E-state index is 11.9. The molecule has 3 atom stereocenters. The number of aromatic amines is 1. The zero-order chi connectivity index (χ0) is 15.6.